The van der Waals surface area contributed by atoms with E-state index in [2.05, 4.69) is 57.2 Å². The Kier molecular flexibility index (Phi) is 44.4. The van der Waals surface area contributed by atoms with Gasteiger partial charge in [0.05, 0.1) is 0 Å². The van der Waals surface area contributed by atoms with Crippen LogP contribution in [0.5, 0.6) is 0 Å². The van der Waals surface area contributed by atoms with Crippen molar-refractivity contribution >= 4 is 17.9 Å². The molecule has 1 unspecified atom stereocenters. The van der Waals surface area contributed by atoms with Crippen LogP contribution in [0.4, 0.5) is 0 Å². The third kappa shape index (κ3) is 44.6. The number of hydrogen-bond acceptors (Lipinski definition) is 6. The Balaban J connectivity index is 4.20. The summed E-state index contributed by atoms with van der Waals surface area (Å²) < 4.78 is 16.6. The van der Waals surface area contributed by atoms with Crippen LogP contribution in [0.2, 0.25) is 0 Å². The fourth-order valence-electron chi connectivity index (χ4n) is 6.88. The normalized spacial score (nSPS) is 12.3. The first-order chi connectivity index (χ1) is 28.0. The molecular weight excluding hydrogens is 709 g/mol. The lowest BCUT2D eigenvalue weighted by atomic mass is 10.1. The zero-order valence-corrected chi connectivity index (χ0v) is 37.9. The minimum Gasteiger partial charge on any atom is -0.462 e. The minimum absolute atomic E-state index is 0.0793. The van der Waals surface area contributed by atoms with Crippen molar-refractivity contribution in [3.8, 4) is 0 Å². The number of unbranched alkanes of at least 4 members (excludes halogenated alkanes) is 27. The van der Waals surface area contributed by atoms with E-state index >= 15 is 0 Å². The molecule has 0 aliphatic heterocycles. The molecule has 0 bridgehead atoms. The van der Waals surface area contributed by atoms with Crippen LogP contribution in [0.3, 0.4) is 0 Å². The molecule has 0 aliphatic carbocycles. The van der Waals surface area contributed by atoms with E-state index in [-0.39, 0.29) is 31.1 Å². The Hall–Kier alpha value is -2.37. The van der Waals surface area contributed by atoms with Crippen molar-refractivity contribution in [2.24, 2.45) is 0 Å². The van der Waals surface area contributed by atoms with E-state index in [1.165, 1.54) is 122 Å². The fourth-order valence-corrected chi connectivity index (χ4v) is 6.88. The predicted octanol–water partition coefficient (Wildman–Crippen LogP) is 15.8. The first-order valence-electron chi connectivity index (χ1n) is 24.5. The molecule has 0 spiro atoms. The van der Waals surface area contributed by atoms with Crippen molar-refractivity contribution in [1.82, 2.24) is 0 Å². The molecule has 0 N–H and O–H groups in total. The Bertz CT molecular complexity index is 969. The number of hydrogen-bond donors (Lipinski definition) is 0. The van der Waals surface area contributed by atoms with E-state index in [4.69, 9.17) is 14.2 Å². The summed E-state index contributed by atoms with van der Waals surface area (Å²) in [6, 6.07) is 0. The Morgan fingerprint density at radius 2 is 0.632 bits per heavy atom. The van der Waals surface area contributed by atoms with Crippen molar-refractivity contribution < 1.29 is 28.6 Å². The van der Waals surface area contributed by atoms with Gasteiger partial charge in [0, 0.05) is 19.3 Å². The molecular formula is C51H92O6. The quantitative estimate of drug-likeness (QED) is 0.0264. The van der Waals surface area contributed by atoms with Gasteiger partial charge in [0.2, 0.25) is 0 Å². The van der Waals surface area contributed by atoms with E-state index in [0.29, 0.717) is 19.3 Å². The number of rotatable bonds is 44. The second kappa shape index (κ2) is 46.3. The maximum absolute atomic E-state index is 12.7. The second-order valence-electron chi connectivity index (χ2n) is 16.4. The largest absolute Gasteiger partial charge is 0.462 e. The Labute approximate surface area is 353 Å². The van der Waals surface area contributed by atoms with Gasteiger partial charge in [-0.3, -0.25) is 14.4 Å². The van der Waals surface area contributed by atoms with Crippen molar-refractivity contribution in [2.45, 2.75) is 258 Å². The minimum atomic E-state index is -0.775. The SMILES string of the molecule is CCCCCC/C=C\C/C=C\CCCCCCCC(=O)OC(COC(=O)CCCCCCC)COC(=O)CCCCCCCCC/C=C\CCCCCCCCC. The lowest BCUT2D eigenvalue weighted by Crippen LogP contribution is -2.30. The summed E-state index contributed by atoms with van der Waals surface area (Å²) in [4.78, 5) is 37.6. The average Bonchev–Trinajstić information content (AvgIpc) is 3.21. The van der Waals surface area contributed by atoms with Gasteiger partial charge in [0.1, 0.15) is 13.2 Å². The maximum Gasteiger partial charge on any atom is 0.306 e. The third-order valence-corrected chi connectivity index (χ3v) is 10.6. The van der Waals surface area contributed by atoms with Crippen LogP contribution in [-0.4, -0.2) is 37.2 Å². The van der Waals surface area contributed by atoms with E-state index in [0.717, 1.165) is 89.9 Å². The van der Waals surface area contributed by atoms with E-state index in [1.54, 1.807) is 0 Å². The molecule has 0 saturated carbocycles. The summed E-state index contributed by atoms with van der Waals surface area (Å²) in [5, 5.41) is 0. The molecule has 0 aromatic carbocycles. The molecule has 0 saturated heterocycles. The number of ether oxygens (including phenoxy) is 3. The number of carbonyl (C=O) groups is 3. The van der Waals surface area contributed by atoms with Gasteiger partial charge in [-0.05, 0) is 77.0 Å². The van der Waals surface area contributed by atoms with Gasteiger partial charge in [-0.1, -0.05) is 192 Å². The first-order valence-corrected chi connectivity index (χ1v) is 24.5. The topological polar surface area (TPSA) is 78.9 Å². The number of esters is 3. The van der Waals surface area contributed by atoms with Crippen LogP contribution in [0.25, 0.3) is 0 Å². The highest BCUT2D eigenvalue weighted by atomic mass is 16.6. The van der Waals surface area contributed by atoms with Gasteiger partial charge in [-0.15, -0.1) is 0 Å². The summed E-state index contributed by atoms with van der Waals surface area (Å²) in [5.74, 6) is -0.906. The zero-order chi connectivity index (χ0) is 41.5. The maximum atomic E-state index is 12.7. The zero-order valence-electron chi connectivity index (χ0n) is 37.9. The van der Waals surface area contributed by atoms with Gasteiger partial charge in [0.15, 0.2) is 6.10 Å². The summed E-state index contributed by atoms with van der Waals surface area (Å²) in [6.45, 7) is 6.53. The Morgan fingerprint density at radius 1 is 0.351 bits per heavy atom. The van der Waals surface area contributed by atoms with Crippen LogP contribution in [0.1, 0.15) is 252 Å². The highest BCUT2D eigenvalue weighted by Crippen LogP contribution is 2.14. The van der Waals surface area contributed by atoms with Gasteiger partial charge in [0.25, 0.3) is 0 Å². The van der Waals surface area contributed by atoms with Crippen molar-refractivity contribution in [3.05, 3.63) is 36.5 Å². The highest BCUT2D eigenvalue weighted by Gasteiger charge is 2.19. The third-order valence-electron chi connectivity index (χ3n) is 10.6. The van der Waals surface area contributed by atoms with E-state index in [9.17, 15) is 14.4 Å². The van der Waals surface area contributed by atoms with Crippen LogP contribution >= 0.6 is 0 Å². The molecule has 0 heterocycles. The lowest BCUT2D eigenvalue weighted by Gasteiger charge is -2.18. The van der Waals surface area contributed by atoms with Crippen LogP contribution in [0.15, 0.2) is 36.5 Å². The molecule has 0 aromatic rings. The number of carbonyl (C=O) groups excluding carboxylic acids is 3. The molecule has 0 fully saturated rings. The smallest absolute Gasteiger partial charge is 0.306 e. The molecule has 0 rings (SSSR count). The van der Waals surface area contributed by atoms with E-state index < -0.39 is 6.10 Å². The van der Waals surface area contributed by atoms with Gasteiger partial charge >= 0.3 is 17.9 Å². The summed E-state index contributed by atoms with van der Waals surface area (Å²) in [5.41, 5.74) is 0. The second-order valence-corrected chi connectivity index (χ2v) is 16.4. The monoisotopic (exact) mass is 801 g/mol. The molecule has 0 aliphatic rings. The average molecular weight is 801 g/mol. The molecule has 332 valence electrons. The first kappa shape index (κ1) is 54.6. The molecule has 0 aromatic heterocycles. The lowest BCUT2D eigenvalue weighted by molar-refractivity contribution is -0.167. The molecule has 0 radical (unpaired) electrons. The van der Waals surface area contributed by atoms with Crippen molar-refractivity contribution in [1.29, 1.82) is 0 Å². The standard InChI is InChI=1S/C51H92O6/c1-4-7-10-13-15-17-19-21-23-25-26-28-29-31-33-35-38-41-44-50(53)56-47-48(46-55-49(52)43-40-37-12-9-6-3)57-51(54)45-42-39-36-34-32-30-27-24-22-20-18-16-14-11-8-5-2/h18,20,23-25,27,48H,4-17,19,21-22,26,28-47H2,1-3H3/b20-18-,25-23-,27-24-. The van der Waals surface area contributed by atoms with Crippen LogP contribution < -0.4 is 0 Å². The van der Waals surface area contributed by atoms with Crippen molar-refractivity contribution in [2.75, 3.05) is 13.2 Å². The van der Waals surface area contributed by atoms with Crippen molar-refractivity contribution in [3.63, 3.8) is 0 Å². The molecule has 0 amide bonds. The van der Waals surface area contributed by atoms with Gasteiger partial charge < -0.3 is 14.2 Å². The predicted molar refractivity (Wildman–Crippen MR) is 242 cm³/mol. The van der Waals surface area contributed by atoms with Gasteiger partial charge in [-0.2, -0.15) is 0 Å². The Morgan fingerprint density at radius 3 is 1.00 bits per heavy atom. The summed E-state index contributed by atoms with van der Waals surface area (Å²) in [6.07, 6.45) is 53.0. The summed E-state index contributed by atoms with van der Waals surface area (Å²) in [7, 11) is 0. The molecule has 6 nitrogen and oxygen atoms in total. The fraction of sp³-hybridized carbons (Fsp3) is 0.824. The highest BCUT2D eigenvalue weighted by molar-refractivity contribution is 5.71. The molecule has 1 atom stereocenters. The molecule has 57 heavy (non-hydrogen) atoms. The van der Waals surface area contributed by atoms with Crippen LogP contribution in [0, 0.1) is 0 Å². The van der Waals surface area contributed by atoms with Crippen LogP contribution in [-0.2, 0) is 28.6 Å². The van der Waals surface area contributed by atoms with Gasteiger partial charge in [-0.25, -0.2) is 0 Å². The molecule has 6 heteroatoms. The van der Waals surface area contributed by atoms with E-state index in [1.807, 2.05) is 0 Å². The summed E-state index contributed by atoms with van der Waals surface area (Å²) >= 11 is 0. The number of allylic oxidation sites excluding steroid dienone is 6.